The van der Waals surface area contributed by atoms with Gasteiger partial charge < -0.3 is 10.2 Å². The standard InChI is InChI=1S/C19H22N2OS/c1-15(19(22)20-14-18-8-5-13-23-18)21-11-9-17(10-12-21)16-6-3-2-4-7-16/h2-9,13,15H,10-12,14H2,1H3,(H,20,22)/p+1/t15-/m1/s1. The number of carbonyl (C=O) groups excluding carboxylic acids is 1. The maximum Gasteiger partial charge on any atom is 0.278 e. The van der Waals surface area contributed by atoms with E-state index in [4.69, 9.17) is 0 Å². The van der Waals surface area contributed by atoms with Gasteiger partial charge in [0.1, 0.15) is 0 Å². The molecule has 1 aromatic heterocycles. The fourth-order valence-corrected chi connectivity index (χ4v) is 3.63. The van der Waals surface area contributed by atoms with Gasteiger partial charge in [0.25, 0.3) is 5.91 Å². The van der Waals surface area contributed by atoms with Gasteiger partial charge in [-0.1, -0.05) is 36.4 Å². The Labute approximate surface area is 141 Å². The average molecular weight is 327 g/mol. The molecule has 0 bridgehead atoms. The van der Waals surface area contributed by atoms with Crippen LogP contribution in [-0.4, -0.2) is 25.0 Å². The summed E-state index contributed by atoms with van der Waals surface area (Å²) < 4.78 is 0. The first-order valence-corrected chi connectivity index (χ1v) is 9.01. The Morgan fingerprint density at radius 1 is 1.26 bits per heavy atom. The van der Waals surface area contributed by atoms with Crippen molar-refractivity contribution in [1.29, 1.82) is 0 Å². The fourth-order valence-electron chi connectivity index (χ4n) is 2.99. The van der Waals surface area contributed by atoms with Crippen molar-refractivity contribution in [3.63, 3.8) is 0 Å². The topological polar surface area (TPSA) is 33.5 Å². The van der Waals surface area contributed by atoms with E-state index in [0.29, 0.717) is 6.54 Å². The zero-order valence-electron chi connectivity index (χ0n) is 13.4. The highest BCUT2D eigenvalue weighted by atomic mass is 32.1. The SMILES string of the molecule is C[C@H](C(=O)NCc1cccs1)[NH+]1CC=C(c2ccccc2)CC1. The lowest BCUT2D eigenvalue weighted by Crippen LogP contribution is -3.17. The summed E-state index contributed by atoms with van der Waals surface area (Å²) in [6.07, 6.45) is 3.32. The summed E-state index contributed by atoms with van der Waals surface area (Å²) in [5, 5.41) is 5.09. The summed E-state index contributed by atoms with van der Waals surface area (Å²) >= 11 is 1.68. The van der Waals surface area contributed by atoms with Crippen LogP contribution in [0, 0.1) is 0 Å². The molecule has 1 aliphatic rings. The molecule has 1 aliphatic heterocycles. The minimum absolute atomic E-state index is 0.0106. The van der Waals surface area contributed by atoms with Crippen LogP contribution in [0.5, 0.6) is 0 Å². The van der Waals surface area contributed by atoms with E-state index in [9.17, 15) is 4.79 Å². The van der Waals surface area contributed by atoms with Gasteiger partial charge in [0.2, 0.25) is 0 Å². The number of benzene rings is 1. The van der Waals surface area contributed by atoms with E-state index in [1.54, 1.807) is 11.3 Å². The van der Waals surface area contributed by atoms with Crippen LogP contribution in [0.25, 0.3) is 5.57 Å². The van der Waals surface area contributed by atoms with Crippen LogP contribution in [0.3, 0.4) is 0 Å². The molecule has 3 nitrogen and oxygen atoms in total. The molecule has 1 unspecified atom stereocenters. The molecule has 2 aromatic rings. The Morgan fingerprint density at radius 2 is 2.09 bits per heavy atom. The van der Waals surface area contributed by atoms with Crippen molar-refractivity contribution in [3.8, 4) is 0 Å². The van der Waals surface area contributed by atoms with E-state index in [1.807, 2.05) is 24.4 Å². The quantitative estimate of drug-likeness (QED) is 0.867. The molecule has 0 saturated carbocycles. The second kappa shape index (κ2) is 7.57. The second-order valence-electron chi connectivity index (χ2n) is 5.98. The molecule has 4 heteroatoms. The molecular formula is C19H23N2OS+. The number of carbonyl (C=O) groups is 1. The van der Waals surface area contributed by atoms with Crippen LogP contribution in [0.15, 0.2) is 53.9 Å². The number of hydrogen-bond acceptors (Lipinski definition) is 2. The maximum absolute atomic E-state index is 12.3. The summed E-state index contributed by atoms with van der Waals surface area (Å²) in [6.45, 7) is 4.59. The number of amides is 1. The van der Waals surface area contributed by atoms with Crippen LogP contribution in [-0.2, 0) is 11.3 Å². The fraction of sp³-hybridized carbons (Fsp3) is 0.316. The molecule has 2 heterocycles. The molecule has 3 rings (SSSR count). The molecular weight excluding hydrogens is 304 g/mol. The van der Waals surface area contributed by atoms with Gasteiger partial charge in [0.05, 0.1) is 19.6 Å². The van der Waals surface area contributed by atoms with Gasteiger partial charge in [0, 0.05) is 11.3 Å². The third-order valence-corrected chi connectivity index (χ3v) is 5.37. The molecule has 0 radical (unpaired) electrons. The van der Waals surface area contributed by atoms with E-state index in [2.05, 4.69) is 41.7 Å². The molecule has 1 amide bonds. The second-order valence-corrected chi connectivity index (χ2v) is 7.01. The first kappa shape index (κ1) is 16.0. The molecule has 0 spiro atoms. The molecule has 23 heavy (non-hydrogen) atoms. The Kier molecular flexibility index (Phi) is 5.26. The minimum Gasteiger partial charge on any atom is -0.346 e. The number of hydrogen-bond donors (Lipinski definition) is 2. The van der Waals surface area contributed by atoms with E-state index < -0.39 is 0 Å². The largest absolute Gasteiger partial charge is 0.346 e. The van der Waals surface area contributed by atoms with Gasteiger partial charge in [-0.3, -0.25) is 4.79 Å². The Balaban J connectivity index is 1.54. The summed E-state index contributed by atoms with van der Waals surface area (Å²) in [5.74, 6) is 0.143. The summed E-state index contributed by atoms with van der Waals surface area (Å²) in [7, 11) is 0. The number of quaternary nitrogens is 1. The number of thiophene rings is 1. The van der Waals surface area contributed by atoms with Gasteiger partial charge >= 0.3 is 0 Å². The lowest BCUT2D eigenvalue weighted by Gasteiger charge is -2.28. The number of rotatable bonds is 5. The van der Waals surface area contributed by atoms with E-state index >= 15 is 0 Å². The highest BCUT2D eigenvalue weighted by molar-refractivity contribution is 7.09. The van der Waals surface area contributed by atoms with Gasteiger partial charge in [-0.05, 0) is 35.6 Å². The first-order chi connectivity index (χ1) is 11.2. The van der Waals surface area contributed by atoms with Crippen LogP contribution < -0.4 is 10.2 Å². The molecule has 0 aliphatic carbocycles. The van der Waals surface area contributed by atoms with Crippen molar-refractivity contribution in [1.82, 2.24) is 5.32 Å². The summed E-state index contributed by atoms with van der Waals surface area (Å²) in [6, 6.07) is 14.6. The molecule has 120 valence electrons. The van der Waals surface area contributed by atoms with Crippen molar-refractivity contribution in [3.05, 3.63) is 64.4 Å². The predicted molar refractivity (Wildman–Crippen MR) is 95.4 cm³/mol. The normalized spacial score (nSPS) is 19.0. The summed E-state index contributed by atoms with van der Waals surface area (Å²) in [4.78, 5) is 14.9. The zero-order valence-corrected chi connectivity index (χ0v) is 14.2. The molecule has 2 N–H and O–H groups in total. The van der Waals surface area contributed by atoms with Crippen molar-refractivity contribution >= 4 is 22.8 Å². The molecule has 0 saturated heterocycles. The summed E-state index contributed by atoms with van der Waals surface area (Å²) in [5.41, 5.74) is 2.71. The smallest absolute Gasteiger partial charge is 0.278 e. The van der Waals surface area contributed by atoms with Crippen molar-refractivity contribution in [2.24, 2.45) is 0 Å². The third-order valence-electron chi connectivity index (χ3n) is 4.49. The molecule has 2 atom stereocenters. The van der Waals surface area contributed by atoms with Crippen molar-refractivity contribution in [2.45, 2.75) is 25.9 Å². The minimum atomic E-state index is -0.0106. The van der Waals surface area contributed by atoms with Crippen LogP contribution in [0.2, 0.25) is 0 Å². The highest BCUT2D eigenvalue weighted by Gasteiger charge is 2.26. The Bertz CT molecular complexity index is 664. The monoisotopic (exact) mass is 327 g/mol. The molecule has 1 aromatic carbocycles. The Hall–Kier alpha value is -1.91. The third kappa shape index (κ3) is 4.09. The van der Waals surface area contributed by atoms with Crippen molar-refractivity contribution < 1.29 is 9.69 Å². The Morgan fingerprint density at radius 3 is 2.74 bits per heavy atom. The lowest BCUT2D eigenvalue weighted by molar-refractivity contribution is -0.909. The number of nitrogens with one attached hydrogen (secondary N) is 2. The van der Waals surface area contributed by atoms with E-state index in [-0.39, 0.29) is 11.9 Å². The first-order valence-electron chi connectivity index (χ1n) is 8.13. The van der Waals surface area contributed by atoms with E-state index in [0.717, 1.165) is 19.5 Å². The van der Waals surface area contributed by atoms with Gasteiger partial charge in [-0.2, -0.15) is 0 Å². The van der Waals surface area contributed by atoms with Gasteiger partial charge in [0.15, 0.2) is 6.04 Å². The highest BCUT2D eigenvalue weighted by Crippen LogP contribution is 2.17. The van der Waals surface area contributed by atoms with E-state index in [1.165, 1.54) is 20.9 Å². The lowest BCUT2D eigenvalue weighted by atomic mass is 9.99. The van der Waals surface area contributed by atoms with Gasteiger partial charge in [-0.15, -0.1) is 11.3 Å². The van der Waals surface area contributed by atoms with Gasteiger partial charge in [-0.25, -0.2) is 0 Å². The van der Waals surface area contributed by atoms with Crippen LogP contribution in [0.4, 0.5) is 0 Å². The van der Waals surface area contributed by atoms with Crippen LogP contribution in [0.1, 0.15) is 23.8 Å². The average Bonchev–Trinajstić information content (AvgIpc) is 3.13. The predicted octanol–water partition coefficient (Wildman–Crippen LogP) is 2.12. The molecule has 0 fully saturated rings. The zero-order chi connectivity index (χ0) is 16.1. The van der Waals surface area contributed by atoms with Crippen molar-refractivity contribution in [2.75, 3.05) is 13.1 Å². The maximum atomic E-state index is 12.3. The van der Waals surface area contributed by atoms with Crippen LogP contribution >= 0.6 is 11.3 Å².